The highest BCUT2D eigenvalue weighted by Gasteiger charge is 2.19. The molecule has 3 aromatic rings. The predicted molar refractivity (Wildman–Crippen MR) is 90.8 cm³/mol. The van der Waals surface area contributed by atoms with Crippen LogP contribution in [0.4, 0.5) is 0 Å². The predicted octanol–water partition coefficient (Wildman–Crippen LogP) is 3.16. The summed E-state index contributed by atoms with van der Waals surface area (Å²) in [4.78, 5) is 16.9. The Bertz CT molecular complexity index is 808. The maximum absolute atomic E-state index is 12.2. The third-order valence-electron chi connectivity index (χ3n) is 3.83. The van der Waals surface area contributed by atoms with E-state index in [1.54, 1.807) is 12.1 Å². The molecule has 1 N–H and O–H groups in total. The summed E-state index contributed by atoms with van der Waals surface area (Å²) in [6, 6.07) is 11.0. The van der Waals surface area contributed by atoms with E-state index in [1.807, 2.05) is 38.1 Å². The van der Waals surface area contributed by atoms with Gasteiger partial charge in [0.25, 0.3) is 5.91 Å². The molecule has 0 aliphatic carbocycles. The van der Waals surface area contributed by atoms with Gasteiger partial charge in [0.05, 0.1) is 29.9 Å². The van der Waals surface area contributed by atoms with Crippen molar-refractivity contribution in [3.63, 3.8) is 0 Å². The molecule has 1 amide bonds. The molecule has 0 saturated carbocycles. The second-order valence-corrected chi connectivity index (χ2v) is 5.48. The Morgan fingerprint density at radius 1 is 1.33 bits per heavy atom. The smallest absolute Gasteiger partial charge is 0.287 e. The van der Waals surface area contributed by atoms with Gasteiger partial charge in [0, 0.05) is 13.2 Å². The first-order chi connectivity index (χ1) is 11.7. The number of benzene rings is 1. The maximum Gasteiger partial charge on any atom is 0.287 e. The number of ether oxygens (including phenoxy) is 1. The van der Waals surface area contributed by atoms with Crippen molar-refractivity contribution in [3.05, 3.63) is 54.2 Å². The van der Waals surface area contributed by atoms with Crippen molar-refractivity contribution in [1.29, 1.82) is 0 Å². The summed E-state index contributed by atoms with van der Waals surface area (Å²) in [5, 5.41) is 2.93. The molecule has 1 unspecified atom stereocenters. The van der Waals surface area contributed by atoms with E-state index in [9.17, 15) is 4.79 Å². The van der Waals surface area contributed by atoms with Gasteiger partial charge in [-0.05, 0) is 38.1 Å². The number of nitrogens with one attached hydrogen (secondary N) is 1. The second kappa shape index (κ2) is 7.31. The molecule has 6 heteroatoms. The lowest BCUT2D eigenvalue weighted by atomic mass is 10.3. The van der Waals surface area contributed by atoms with Crippen LogP contribution in [-0.4, -0.2) is 28.7 Å². The minimum absolute atomic E-state index is 0.253. The zero-order chi connectivity index (χ0) is 16.9. The highest BCUT2D eigenvalue weighted by atomic mass is 16.5. The molecule has 0 aliphatic heterocycles. The lowest BCUT2D eigenvalue weighted by Gasteiger charge is -2.15. The zero-order valence-corrected chi connectivity index (χ0v) is 13.9. The van der Waals surface area contributed by atoms with Gasteiger partial charge in [0.2, 0.25) is 0 Å². The quantitative estimate of drug-likeness (QED) is 0.677. The van der Waals surface area contributed by atoms with Crippen molar-refractivity contribution in [3.8, 4) is 0 Å². The van der Waals surface area contributed by atoms with Gasteiger partial charge in [0.1, 0.15) is 5.82 Å². The third-order valence-corrected chi connectivity index (χ3v) is 3.83. The van der Waals surface area contributed by atoms with E-state index in [0.717, 1.165) is 16.9 Å². The molecule has 6 nitrogen and oxygen atoms in total. The van der Waals surface area contributed by atoms with Crippen molar-refractivity contribution < 1.29 is 13.9 Å². The lowest BCUT2D eigenvalue weighted by molar-refractivity contribution is 0.0909. The average molecular weight is 327 g/mol. The summed E-state index contributed by atoms with van der Waals surface area (Å²) < 4.78 is 12.7. The molecule has 1 aromatic carbocycles. The molecule has 3 rings (SSSR count). The summed E-state index contributed by atoms with van der Waals surface area (Å²) in [6.07, 6.45) is 1.48. The highest BCUT2D eigenvalue weighted by Crippen LogP contribution is 2.21. The number of aromatic nitrogens is 2. The van der Waals surface area contributed by atoms with E-state index in [-0.39, 0.29) is 11.9 Å². The average Bonchev–Trinajstić information content (AvgIpc) is 3.23. The summed E-state index contributed by atoms with van der Waals surface area (Å²) >= 11 is 0. The van der Waals surface area contributed by atoms with Gasteiger partial charge in [-0.1, -0.05) is 12.1 Å². The van der Waals surface area contributed by atoms with E-state index in [2.05, 4.69) is 14.9 Å². The van der Waals surface area contributed by atoms with Gasteiger partial charge in [-0.15, -0.1) is 0 Å². The zero-order valence-electron chi connectivity index (χ0n) is 13.9. The number of imidazole rings is 1. The molecule has 0 fully saturated rings. The molecule has 0 radical (unpaired) electrons. The minimum atomic E-state index is -0.254. The van der Waals surface area contributed by atoms with Crippen LogP contribution in [0.2, 0.25) is 0 Å². The Hall–Kier alpha value is -2.60. The van der Waals surface area contributed by atoms with Gasteiger partial charge in [0.15, 0.2) is 5.76 Å². The molecular formula is C18H21N3O3. The highest BCUT2D eigenvalue weighted by molar-refractivity contribution is 5.91. The van der Waals surface area contributed by atoms with Crippen LogP contribution in [-0.2, 0) is 11.3 Å². The van der Waals surface area contributed by atoms with Crippen LogP contribution in [0, 0.1) is 0 Å². The monoisotopic (exact) mass is 327 g/mol. The Morgan fingerprint density at radius 2 is 2.17 bits per heavy atom. The standard InChI is InChI=1S/C18H21N3O3/c1-3-23-12-10-21-15-8-5-4-7-14(15)20-17(21)13(2)19-18(22)16-9-6-11-24-16/h4-9,11,13H,3,10,12H2,1-2H3,(H,19,22). The fraction of sp³-hybridized carbons (Fsp3) is 0.333. The number of fused-ring (bicyclic) bond motifs is 1. The van der Waals surface area contributed by atoms with Crippen molar-refractivity contribution in [2.24, 2.45) is 0 Å². The van der Waals surface area contributed by atoms with Crippen LogP contribution in [0.1, 0.15) is 36.3 Å². The van der Waals surface area contributed by atoms with E-state index < -0.39 is 0 Å². The Balaban J connectivity index is 1.86. The normalized spacial score (nSPS) is 12.4. The van der Waals surface area contributed by atoms with Gasteiger partial charge in [-0.2, -0.15) is 0 Å². The first-order valence-electron chi connectivity index (χ1n) is 8.08. The van der Waals surface area contributed by atoms with E-state index in [1.165, 1.54) is 6.26 Å². The van der Waals surface area contributed by atoms with Crippen molar-refractivity contribution in [1.82, 2.24) is 14.9 Å². The molecule has 2 heterocycles. The number of amides is 1. The number of hydrogen-bond donors (Lipinski definition) is 1. The van der Waals surface area contributed by atoms with Gasteiger partial charge < -0.3 is 19.0 Å². The van der Waals surface area contributed by atoms with E-state index in [0.29, 0.717) is 25.5 Å². The number of nitrogens with zero attached hydrogens (tertiary/aromatic N) is 2. The fourth-order valence-electron chi connectivity index (χ4n) is 2.70. The summed E-state index contributed by atoms with van der Waals surface area (Å²) in [5.74, 6) is 0.838. The molecule has 1 atom stereocenters. The Morgan fingerprint density at radius 3 is 2.92 bits per heavy atom. The maximum atomic E-state index is 12.2. The molecule has 126 valence electrons. The Labute approximate surface area is 140 Å². The number of carbonyl (C=O) groups is 1. The molecule has 0 bridgehead atoms. The minimum Gasteiger partial charge on any atom is -0.459 e. The van der Waals surface area contributed by atoms with Gasteiger partial charge in [-0.3, -0.25) is 4.79 Å². The van der Waals surface area contributed by atoms with Crippen LogP contribution >= 0.6 is 0 Å². The lowest BCUT2D eigenvalue weighted by Crippen LogP contribution is -2.28. The summed E-state index contributed by atoms with van der Waals surface area (Å²) in [7, 11) is 0. The second-order valence-electron chi connectivity index (χ2n) is 5.48. The fourth-order valence-corrected chi connectivity index (χ4v) is 2.70. The number of para-hydroxylation sites is 2. The number of furan rings is 1. The number of carbonyl (C=O) groups excluding carboxylic acids is 1. The first-order valence-corrected chi connectivity index (χ1v) is 8.08. The topological polar surface area (TPSA) is 69.3 Å². The van der Waals surface area contributed by atoms with Crippen LogP contribution in [0.5, 0.6) is 0 Å². The summed E-state index contributed by atoms with van der Waals surface area (Å²) in [6.45, 7) is 5.85. The molecular weight excluding hydrogens is 306 g/mol. The van der Waals surface area contributed by atoms with Crippen molar-refractivity contribution >= 4 is 16.9 Å². The van der Waals surface area contributed by atoms with E-state index >= 15 is 0 Å². The van der Waals surface area contributed by atoms with Crippen molar-refractivity contribution in [2.45, 2.75) is 26.4 Å². The number of rotatable bonds is 7. The first kappa shape index (κ1) is 16.3. The number of hydrogen-bond acceptors (Lipinski definition) is 4. The van der Waals surface area contributed by atoms with Gasteiger partial charge >= 0.3 is 0 Å². The molecule has 0 saturated heterocycles. The molecule has 2 aromatic heterocycles. The molecule has 0 spiro atoms. The third kappa shape index (κ3) is 3.33. The SMILES string of the molecule is CCOCCn1c(C(C)NC(=O)c2ccco2)nc2ccccc21. The van der Waals surface area contributed by atoms with Crippen LogP contribution in [0.15, 0.2) is 47.1 Å². The Kier molecular flexibility index (Phi) is 4.96. The van der Waals surface area contributed by atoms with Gasteiger partial charge in [-0.25, -0.2) is 4.98 Å². The van der Waals surface area contributed by atoms with E-state index in [4.69, 9.17) is 9.15 Å². The molecule has 0 aliphatic rings. The molecule has 24 heavy (non-hydrogen) atoms. The summed E-state index contributed by atoms with van der Waals surface area (Å²) in [5.41, 5.74) is 1.94. The largest absolute Gasteiger partial charge is 0.459 e. The van der Waals surface area contributed by atoms with Crippen molar-refractivity contribution in [2.75, 3.05) is 13.2 Å². The van der Waals surface area contributed by atoms with Crippen LogP contribution in [0.3, 0.4) is 0 Å². The van der Waals surface area contributed by atoms with Crippen LogP contribution < -0.4 is 5.32 Å². The van der Waals surface area contributed by atoms with Crippen LogP contribution in [0.25, 0.3) is 11.0 Å².